The minimum Gasteiger partial charge on any atom is -0.462 e. The molecule has 1 rings (SSSR count). The van der Waals surface area contributed by atoms with Crippen molar-refractivity contribution in [2.45, 2.75) is 20.8 Å². The fraction of sp³-hybridized carbons (Fsp3) is 0.400. The molecule has 0 aromatic carbocycles. The van der Waals surface area contributed by atoms with Gasteiger partial charge in [0.05, 0.1) is 17.6 Å². The standard InChI is InChI=1S/C10H12NO3S/c1-4-14-10(13)8-6(2)5-15-9(8)11-7(3)12/h4H2,1-3H3,(H,11,12). The Bertz CT molecular complexity index is 384. The summed E-state index contributed by atoms with van der Waals surface area (Å²) in [6, 6.07) is 0. The second-order valence-corrected chi connectivity index (χ2v) is 3.75. The Balaban J connectivity index is 2.98. The van der Waals surface area contributed by atoms with Gasteiger partial charge in [0.15, 0.2) is 0 Å². The highest BCUT2D eigenvalue weighted by atomic mass is 32.1. The average Bonchev–Trinajstić information content (AvgIpc) is 2.46. The van der Waals surface area contributed by atoms with Crippen molar-refractivity contribution >= 4 is 28.2 Å². The number of hydrogen-bond donors (Lipinski definition) is 1. The van der Waals surface area contributed by atoms with Gasteiger partial charge in [0.1, 0.15) is 5.00 Å². The van der Waals surface area contributed by atoms with Crippen LogP contribution in [0.3, 0.4) is 0 Å². The number of amides is 1. The van der Waals surface area contributed by atoms with E-state index in [4.69, 9.17) is 4.74 Å². The Hall–Kier alpha value is -1.36. The van der Waals surface area contributed by atoms with Crippen LogP contribution in [-0.4, -0.2) is 18.5 Å². The molecule has 1 N–H and O–H groups in total. The van der Waals surface area contributed by atoms with Crippen LogP contribution in [-0.2, 0) is 9.53 Å². The van der Waals surface area contributed by atoms with Crippen molar-refractivity contribution in [3.8, 4) is 0 Å². The summed E-state index contributed by atoms with van der Waals surface area (Å²) in [5, 5.41) is 5.99. The first kappa shape index (κ1) is 11.7. The first-order valence-electron chi connectivity index (χ1n) is 4.52. The summed E-state index contributed by atoms with van der Waals surface area (Å²) in [6.07, 6.45) is 0. The van der Waals surface area contributed by atoms with Crippen LogP contribution in [0.5, 0.6) is 0 Å². The highest BCUT2D eigenvalue weighted by Gasteiger charge is 2.18. The van der Waals surface area contributed by atoms with E-state index >= 15 is 0 Å². The molecule has 0 unspecified atom stereocenters. The minimum atomic E-state index is -0.420. The molecule has 5 heteroatoms. The second-order valence-electron chi connectivity index (χ2n) is 2.93. The molecule has 0 aliphatic rings. The van der Waals surface area contributed by atoms with Crippen LogP contribution in [0, 0.1) is 12.3 Å². The zero-order chi connectivity index (χ0) is 11.4. The van der Waals surface area contributed by atoms with Crippen molar-refractivity contribution in [3.63, 3.8) is 0 Å². The SMILES string of the molecule is CCOC(=O)c1c(C)[c]sc1NC(C)=O. The molecule has 1 aromatic heterocycles. The number of nitrogens with one attached hydrogen (secondary N) is 1. The lowest BCUT2D eigenvalue weighted by molar-refractivity contribution is -0.114. The molecule has 0 atom stereocenters. The third-order valence-electron chi connectivity index (χ3n) is 1.68. The Morgan fingerprint density at radius 2 is 2.20 bits per heavy atom. The van der Waals surface area contributed by atoms with Crippen LogP contribution in [0.15, 0.2) is 0 Å². The molecule has 0 aliphatic heterocycles. The molecule has 1 aromatic rings. The van der Waals surface area contributed by atoms with Crippen molar-refractivity contribution < 1.29 is 14.3 Å². The van der Waals surface area contributed by atoms with E-state index in [0.29, 0.717) is 22.7 Å². The maximum absolute atomic E-state index is 11.5. The number of carbonyl (C=O) groups is 2. The summed E-state index contributed by atoms with van der Waals surface area (Å²) in [7, 11) is 0. The fourth-order valence-electron chi connectivity index (χ4n) is 1.10. The molecule has 0 fully saturated rings. The maximum atomic E-state index is 11.5. The van der Waals surface area contributed by atoms with Gasteiger partial charge in [0, 0.05) is 6.92 Å². The Morgan fingerprint density at radius 3 is 2.73 bits per heavy atom. The second kappa shape index (κ2) is 4.93. The monoisotopic (exact) mass is 226 g/mol. The first-order valence-corrected chi connectivity index (χ1v) is 5.33. The van der Waals surface area contributed by atoms with Gasteiger partial charge in [-0.25, -0.2) is 4.79 Å². The summed E-state index contributed by atoms with van der Waals surface area (Å²) >= 11 is 1.20. The van der Waals surface area contributed by atoms with Gasteiger partial charge in [-0.3, -0.25) is 4.79 Å². The molecule has 0 saturated carbocycles. The molecular formula is C10H12NO3S. The molecule has 0 saturated heterocycles. The van der Waals surface area contributed by atoms with E-state index in [1.807, 2.05) is 0 Å². The number of ether oxygens (including phenoxy) is 1. The molecule has 81 valence electrons. The van der Waals surface area contributed by atoms with E-state index in [9.17, 15) is 9.59 Å². The summed E-state index contributed by atoms with van der Waals surface area (Å²) in [4.78, 5) is 22.4. The highest BCUT2D eigenvalue weighted by molar-refractivity contribution is 7.14. The van der Waals surface area contributed by atoms with Gasteiger partial charge in [-0.2, -0.15) is 0 Å². The van der Waals surface area contributed by atoms with Crippen LogP contribution < -0.4 is 5.32 Å². The summed E-state index contributed by atoms with van der Waals surface area (Å²) in [5.74, 6) is -0.632. The minimum absolute atomic E-state index is 0.212. The van der Waals surface area contributed by atoms with E-state index in [0.717, 1.165) is 0 Å². The van der Waals surface area contributed by atoms with Crippen molar-refractivity contribution in [1.29, 1.82) is 0 Å². The smallest absolute Gasteiger partial charge is 0.341 e. The van der Waals surface area contributed by atoms with Crippen LogP contribution in [0.4, 0.5) is 5.00 Å². The lowest BCUT2D eigenvalue weighted by Gasteiger charge is -2.04. The number of carbonyl (C=O) groups excluding carboxylic acids is 2. The fourth-order valence-corrected chi connectivity index (χ4v) is 1.99. The van der Waals surface area contributed by atoms with Crippen LogP contribution in [0.2, 0.25) is 0 Å². The molecule has 0 aliphatic carbocycles. The van der Waals surface area contributed by atoms with Gasteiger partial charge in [-0.1, -0.05) is 0 Å². The van der Waals surface area contributed by atoms with Crippen LogP contribution in [0.1, 0.15) is 29.8 Å². The van der Waals surface area contributed by atoms with E-state index < -0.39 is 5.97 Å². The summed E-state index contributed by atoms with van der Waals surface area (Å²) in [6.45, 7) is 5.20. The van der Waals surface area contributed by atoms with E-state index in [1.54, 1.807) is 13.8 Å². The molecule has 4 nitrogen and oxygen atoms in total. The number of esters is 1. The van der Waals surface area contributed by atoms with Gasteiger partial charge >= 0.3 is 5.97 Å². The number of rotatable bonds is 3. The number of thiophene rings is 1. The number of anilines is 1. The zero-order valence-electron chi connectivity index (χ0n) is 8.84. The van der Waals surface area contributed by atoms with E-state index in [1.165, 1.54) is 18.3 Å². The van der Waals surface area contributed by atoms with Crippen molar-refractivity contribution in [1.82, 2.24) is 0 Å². The quantitative estimate of drug-likeness (QED) is 0.802. The zero-order valence-corrected chi connectivity index (χ0v) is 9.66. The van der Waals surface area contributed by atoms with E-state index in [2.05, 4.69) is 10.7 Å². The van der Waals surface area contributed by atoms with Gasteiger partial charge in [-0.15, -0.1) is 11.3 Å². The van der Waals surface area contributed by atoms with Gasteiger partial charge in [0.2, 0.25) is 5.91 Å². The molecule has 0 bridgehead atoms. The van der Waals surface area contributed by atoms with Gasteiger partial charge in [0.25, 0.3) is 0 Å². The van der Waals surface area contributed by atoms with Crippen molar-refractivity contribution in [2.24, 2.45) is 0 Å². The Kier molecular flexibility index (Phi) is 3.85. The predicted molar refractivity (Wildman–Crippen MR) is 58.2 cm³/mol. The average molecular weight is 226 g/mol. The molecule has 1 amide bonds. The summed E-state index contributed by atoms with van der Waals surface area (Å²) < 4.78 is 4.89. The van der Waals surface area contributed by atoms with Crippen LogP contribution >= 0.6 is 11.3 Å². The Morgan fingerprint density at radius 1 is 1.53 bits per heavy atom. The predicted octanol–water partition coefficient (Wildman–Crippen LogP) is 1.99. The van der Waals surface area contributed by atoms with Crippen LogP contribution in [0.25, 0.3) is 0 Å². The lowest BCUT2D eigenvalue weighted by atomic mass is 10.2. The molecular weight excluding hydrogens is 214 g/mol. The normalized spacial score (nSPS) is 9.80. The largest absolute Gasteiger partial charge is 0.462 e. The third kappa shape index (κ3) is 2.79. The molecule has 15 heavy (non-hydrogen) atoms. The van der Waals surface area contributed by atoms with Crippen molar-refractivity contribution in [3.05, 3.63) is 16.5 Å². The Labute approximate surface area is 92.2 Å². The van der Waals surface area contributed by atoms with E-state index in [-0.39, 0.29) is 5.91 Å². The molecule has 1 heterocycles. The van der Waals surface area contributed by atoms with Gasteiger partial charge < -0.3 is 10.1 Å². The number of aryl methyl sites for hydroxylation is 1. The number of hydrogen-bond acceptors (Lipinski definition) is 4. The highest BCUT2D eigenvalue weighted by Crippen LogP contribution is 2.27. The van der Waals surface area contributed by atoms with Crippen molar-refractivity contribution in [2.75, 3.05) is 11.9 Å². The molecule has 0 spiro atoms. The lowest BCUT2D eigenvalue weighted by Crippen LogP contribution is -2.11. The summed E-state index contributed by atoms with van der Waals surface area (Å²) in [5.41, 5.74) is 1.10. The first-order chi connectivity index (χ1) is 7.06. The molecule has 1 radical (unpaired) electrons. The third-order valence-corrected chi connectivity index (χ3v) is 2.60. The topological polar surface area (TPSA) is 55.4 Å². The van der Waals surface area contributed by atoms with Gasteiger partial charge in [-0.05, 0) is 19.4 Å². The maximum Gasteiger partial charge on any atom is 0.341 e.